The molecular formula is C57H36N2S. The van der Waals surface area contributed by atoms with E-state index in [0.717, 1.165) is 11.4 Å². The van der Waals surface area contributed by atoms with E-state index in [4.69, 9.17) is 0 Å². The van der Waals surface area contributed by atoms with E-state index in [0.29, 0.717) is 0 Å². The van der Waals surface area contributed by atoms with Gasteiger partial charge in [-0.25, -0.2) is 0 Å². The summed E-state index contributed by atoms with van der Waals surface area (Å²) in [5, 5.41) is 10.2. The Kier molecular flexibility index (Phi) is 7.13. The fraction of sp³-hybridized carbons (Fsp3) is 0.0175. The van der Waals surface area contributed by atoms with Crippen molar-refractivity contribution in [2.45, 2.75) is 6.92 Å². The van der Waals surface area contributed by atoms with Gasteiger partial charge in [0.1, 0.15) is 0 Å². The molecule has 0 N–H and O–H groups in total. The number of rotatable bonds is 5. The Labute approximate surface area is 351 Å². The average molecular weight is 781 g/mol. The summed E-state index contributed by atoms with van der Waals surface area (Å²) < 4.78 is 5.03. The lowest BCUT2D eigenvalue weighted by molar-refractivity contribution is 1.19. The van der Waals surface area contributed by atoms with E-state index in [1.165, 1.54) is 114 Å². The van der Waals surface area contributed by atoms with Gasteiger partial charge in [-0.2, -0.15) is 0 Å². The number of aromatic nitrogens is 1. The minimum absolute atomic E-state index is 1.14. The van der Waals surface area contributed by atoms with Gasteiger partial charge in [-0.3, -0.25) is 0 Å². The predicted octanol–water partition coefficient (Wildman–Crippen LogP) is 16.6. The molecule has 0 saturated carbocycles. The van der Waals surface area contributed by atoms with Crippen LogP contribution in [0, 0.1) is 6.92 Å². The second kappa shape index (κ2) is 12.8. The lowest BCUT2D eigenvalue weighted by Crippen LogP contribution is -2.11. The van der Waals surface area contributed by atoms with Gasteiger partial charge < -0.3 is 9.47 Å². The molecule has 0 aliphatic heterocycles. The molecule has 0 radical (unpaired) electrons. The minimum atomic E-state index is 1.14. The van der Waals surface area contributed by atoms with Crippen LogP contribution in [0.2, 0.25) is 0 Å². The molecule has 0 atom stereocenters. The van der Waals surface area contributed by atoms with E-state index in [1.54, 1.807) is 0 Å². The second-order valence-electron chi connectivity index (χ2n) is 16.2. The van der Waals surface area contributed by atoms with E-state index < -0.39 is 0 Å². The van der Waals surface area contributed by atoms with Crippen LogP contribution < -0.4 is 4.90 Å². The topological polar surface area (TPSA) is 8.17 Å². The number of fused-ring (bicyclic) bond motifs is 12. The van der Waals surface area contributed by atoms with Crippen LogP contribution in [0.3, 0.4) is 0 Å². The first kappa shape index (κ1) is 33.5. The van der Waals surface area contributed by atoms with E-state index in [9.17, 15) is 0 Å². The van der Waals surface area contributed by atoms with Crippen molar-refractivity contribution in [1.29, 1.82) is 0 Å². The zero-order valence-electron chi connectivity index (χ0n) is 32.9. The zero-order chi connectivity index (χ0) is 39.5. The Morgan fingerprint density at radius 3 is 1.68 bits per heavy atom. The van der Waals surface area contributed by atoms with Gasteiger partial charge in [0.25, 0.3) is 0 Å². The van der Waals surface area contributed by atoms with Crippen LogP contribution in [0.15, 0.2) is 200 Å². The summed E-state index contributed by atoms with van der Waals surface area (Å²) in [7, 11) is 0. The van der Waals surface area contributed by atoms with Crippen molar-refractivity contribution in [1.82, 2.24) is 4.57 Å². The fourth-order valence-electron chi connectivity index (χ4n) is 9.85. The first-order valence-corrected chi connectivity index (χ1v) is 21.5. The highest BCUT2D eigenvalue weighted by Crippen LogP contribution is 2.52. The molecule has 1 aliphatic carbocycles. The molecule has 13 rings (SSSR count). The summed E-state index contributed by atoms with van der Waals surface area (Å²) in [5.41, 5.74) is 16.1. The number of hydrogen-bond donors (Lipinski definition) is 0. The monoisotopic (exact) mass is 780 g/mol. The van der Waals surface area contributed by atoms with Gasteiger partial charge in [0.2, 0.25) is 0 Å². The summed E-state index contributed by atoms with van der Waals surface area (Å²) in [5.74, 6) is 0. The first-order valence-electron chi connectivity index (χ1n) is 20.7. The van der Waals surface area contributed by atoms with Crippen molar-refractivity contribution >= 4 is 91.9 Å². The van der Waals surface area contributed by atoms with E-state index in [2.05, 4.69) is 217 Å². The second-order valence-corrected chi connectivity index (χ2v) is 17.3. The molecule has 0 saturated heterocycles. The third-order valence-corrected chi connectivity index (χ3v) is 13.9. The predicted molar refractivity (Wildman–Crippen MR) is 258 cm³/mol. The molecule has 280 valence electrons. The van der Waals surface area contributed by atoms with Crippen molar-refractivity contribution < 1.29 is 0 Å². The molecule has 0 unspecified atom stereocenters. The molecule has 0 fully saturated rings. The quantitative estimate of drug-likeness (QED) is 0.169. The number of nitrogens with zero attached hydrogens (tertiary/aromatic N) is 2. The van der Waals surface area contributed by atoms with Crippen LogP contribution in [0.4, 0.5) is 17.1 Å². The highest BCUT2D eigenvalue weighted by molar-refractivity contribution is 7.26. The largest absolute Gasteiger partial charge is 0.310 e. The third kappa shape index (κ3) is 4.93. The SMILES string of the molecule is Cc1ccc(N(c2ccc3cc4c(cc3c2)-c2cc3ccc(-n5c6ccccc6c6ccccc65)cc3cc2-4)c2ccc3c(sc4ccccc43)c2-c2ccccc2)cc1. The number of anilines is 3. The Hall–Kier alpha value is -7.46. The zero-order valence-corrected chi connectivity index (χ0v) is 33.7. The minimum Gasteiger partial charge on any atom is -0.310 e. The van der Waals surface area contributed by atoms with Crippen LogP contribution in [0.1, 0.15) is 5.56 Å². The molecule has 60 heavy (non-hydrogen) atoms. The van der Waals surface area contributed by atoms with Gasteiger partial charge in [0, 0.05) is 53.6 Å². The third-order valence-electron chi connectivity index (χ3n) is 12.7. The molecule has 0 amide bonds. The van der Waals surface area contributed by atoms with Gasteiger partial charge in [0.05, 0.1) is 16.7 Å². The average Bonchev–Trinajstić information content (AvgIpc) is 3.84. The molecule has 2 nitrogen and oxygen atoms in total. The molecule has 1 aliphatic rings. The Bertz CT molecular complexity index is 3670. The Morgan fingerprint density at radius 1 is 0.417 bits per heavy atom. The first-order chi connectivity index (χ1) is 29.6. The molecule has 0 bridgehead atoms. The van der Waals surface area contributed by atoms with Crippen molar-refractivity contribution in [3.05, 3.63) is 206 Å². The smallest absolute Gasteiger partial charge is 0.0554 e. The van der Waals surface area contributed by atoms with Crippen LogP contribution >= 0.6 is 11.3 Å². The van der Waals surface area contributed by atoms with Crippen molar-refractivity contribution in [3.8, 4) is 39.1 Å². The lowest BCUT2D eigenvalue weighted by Gasteiger charge is -2.29. The van der Waals surface area contributed by atoms with Gasteiger partial charge in [0.15, 0.2) is 0 Å². The van der Waals surface area contributed by atoms with Gasteiger partial charge in [-0.15, -0.1) is 11.3 Å². The normalized spacial score (nSPS) is 12.1. The van der Waals surface area contributed by atoms with Gasteiger partial charge in [-0.05, 0) is 141 Å². The van der Waals surface area contributed by atoms with Crippen molar-refractivity contribution in [2.24, 2.45) is 0 Å². The van der Waals surface area contributed by atoms with Crippen LogP contribution in [-0.4, -0.2) is 4.57 Å². The molecule has 12 aromatic rings. The molecular weight excluding hydrogens is 745 g/mol. The summed E-state index contributed by atoms with van der Waals surface area (Å²) in [6.07, 6.45) is 0. The van der Waals surface area contributed by atoms with Crippen LogP contribution in [0.25, 0.3) is 103 Å². The maximum atomic E-state index is 2.46. The summed E-state index contributed by atoms with van der Waals surface area (Å²) in [6, 6.07) is 74.3. The summed E-state index contributed by atoms with van der Waals surface area (Å²) in [4.78, 5) is 2.46. The molecule has 10 aromatic carbocycles. The Balaban J connectivity index is 0.948. The number of aryl methyl sites for hydroxylation is 1. The van der Waals surface area contributed by atoms with Crippen LogP contribution in [0.5, 0.6) is 0 Å². The van der Waals surface area contributed by atoms with E-state index in [-0.39, 0.29) is 0 Å². The van der Waals surface area contributed by atoms with Gasteiger partial charge in [-0.1, -0.05) is 121 Å². The molecule has 0 spiro atoms. The lowest BCUT2D eigenvalue weighted by atomic mass is 9.78. The van der Waals surface area contributed by atoms with E-state index >= 15 is 0 Å². The summed E-state index contributed by atoms with van der Waals surface area (Å²) in [6.45, 7) is 2.16. The standard InChI is InChI=1S/C57H36N2S/c1-35-19-23-41(24-20-35)58(54-28-27-47-46-15-7-10-18-55(46)60-57(47)56(54)36-11-3-2-4-12-36)42-25-21-37-31-48-50(33-39(37)29-42)49-32-38-22-26-43(30-40(38)34-51(48)49)59-52-16-8-5-13-44(52)45-14-6-9-17-53(45)59/h2-34H,1H3. The highest BCUT2D eigenvalue weighted by Gasteiger charge is 2.26. The van der Waals surface area contributed by atoms with Gasteiger partial charge >= 0.3 is 0 Å². The highest BCUT2D eigenvalue weighted by atomic mass is 32.1. The molecule has 2 heterocycles. The number of benzene rings is 10. The summed E-state index contributed by atoms with van der Waals surface area (Å²) >= 11 is 1.89. The number of hydrogen-bond acceptors (Lipinski definition) is 2. The molecule has 2 aromatic heterocycles. The van der Waals surface area contributed by atoms with Crippen molar-refractivity contribution in [2.75, 3.05) is 4.90 Å². The van der Waals surface area contributed by atoms with Crippen molar-refractivity contribution in [3.63, 3.8) is 0 Å². The Morgan fingerprint density at radius 2 is 0.983 bits per heavy atom. The molecule has 3 heteroatoms. The maximum absolute atomic E-state index is 2.46. The fourth-order valence-corrected chi connectivity index (χ4v) is 11.1. The van der Waals surface area contributed by atoms with Crippen LogP contribution in [-0.2, 0) is 0 Å². The maximum Gasteiger partial charge on any atom is 0.0554 e. The number of para-hydroxylation sites is 2. The number of thiophene rings is 1. The van der Waals surface area contributed by atoms with E-state index in [1.807, 2.05) is 11.3 Å².